The second kappa shape index (κ2) is 4.77. The van der Waals surface area contributed by atoms with Crippen molar-refractivity contribution in [1.29, 1.82) is 0 Å². The summed E-state index contributed by atoms with van der Waals surface area (Å²) in [5, 5.41) is 0. The number of para-hydroxylation sites is 1. The highest BCUT2D eigenvalue weighted by Gasteiger charge is 2.25. The number of benzene rings is 2. The van der Waals surface area contributed by atoms with Gasteiger partial charge in [0.2, 0.25) is 0 Å². The Labute approximate surface area is 117 Å². The molecule has 1 heterocycles. The molecule has 0 bridgehead atoms. The van der Waals surface area contributed by atoms with E-state index >= 15 is 0 Å². The standard InChI is InChI=1S/C16H16BrN/c1-12-10-14-4-2-3-5-16(14)18(12)11-13-6-8-15(17)9-7-13/h2-9,12H,10-11H2,1H3/t12-/m0/s1. The fourth-order valence-electron chi connectivity index (χ4n) is 2.66. The molecule has 1 atom stereocenters. The smallest absolute Gasteiger partial charge is 0.0432 e. The molecular formula is C16H16BrN. The first-order valence-corrected chi connectivity index (χ1v) is 7.12. The zero-order chi connectivity index (χ0) is 12.5. The van der Waals surface area contributed by atoms with E-state index in [4.69, 9.17) is 0 Å². The van der Waals surface area contributed by atoms with Crippen LogP contribution in [0.3, 0.4) is 0 Å². The van der Waals surface area contributed by atoms with Gasteiger partial charge in [-0.15, -0.1) is 0 Å². The van der Waals surface area contributed by atoms with Crippen molar-refractivity contribution in [1.82, 2.24) is 0 Å². The minimum atomic E-state index is 0.589. The van der Waals surface area contributed by atoms with E-state index in [1.807, 2.05) is 0 Å². The van der Waals surface area contributed by atoms with Gasteiger partial charge in [-0.25, -0.2) is 0 Å². The van der Waals surface area contributed by atoms with Crippen molar-refractivity contribution in [2.45, 2.75) is 25.9 Å². The molecule has 1 aliphatic heterocycles. The average Bonchev–Trinajstić information content (AvgIpc) is 2.69. The minimum absolute atomic E-state index is 0.589. The average molecular weight is 302 g/mol. The van der Waals surface area contributed by atoms with Crippen LogP contribution in [0.15, 0.2) is 53.0 Å². The molecule has 2 aromatic rings. The number of nitrogens with zero attached hydrogens (tertiary/aromatic N) is 1. The Morgan fingerprint density at radius 3 is 2.61 bits per heavy atom. The summed E-state index contributed by atoms with van der Waals surface area (Å²) in [6.07, 6.45) is 1.16. The van der Waals surface area contributed by atoms with Gasteiger partial charge in [0.25, 0.3) is 0 Å². The molecule has 0 radical (unpaired) electrons. The summed E-state index contributed by atoms with van der Waals surface area (Å²) in [5.41, 5.74) is 4.23. The van der Waals surface area contributed by atoms with Gasteiger partial charge < -0.3 is 4.90 Å². The molecule has 0 saturated heterocycles. The van der Waals surface area contributed by atoms with Crippen molar-refractivity contribution < 1.29 is 0 Å². The van der Waals surface area contributed by atoms with E-state index in [0.717, 1.165) is 17.4 Å². The Morgan fingerprint density at radius 2 is 1.83 bits per heavy atom. The van der Waals surface area contributed by atoms with Crippen LogP contribution in [0.2, 0.25) is 0 Å². The molecule has 0 fully saturated rings. The van der Waals surface area contributed by atoms with Crippen molar-refractivity contribution in [2.24, 2.45) is 0 Å². The maximum Gasteiger partial charge on any atom is 0.0432 e. The van der Waals surface area contributed by atoms with Crippen LogP contribution in [0.1, 0.15) is 18.1 Å². The van der Waals surface area contributed by atoms with Gasteiger partial charge in [0.1, 0.15) is 0 Å². The van der Waals surface area contributed by atoms with Crippen LogP contribution >= 0.6 is 15.9 Å². The quantitative estimate of drug-likeness (QED) is 0.794. The molecule has 0 amide bonds. The molecule has 2 heteroatoms. The van der Waals surface area contributed by atoms with Crippen LogP contribution < -0.4 is 4.90 Å². The van der Waals surface area contributed by atoms with Crippen LogP contribution in [-0.2, 0) is 13.0 Å². The van der Waals surface area contributed by atoms with Crippen molar-refractivity contribution in [3.8, 4) is 0 Å². The van der Waals surface area contributed by atoms with Crippen LogP contribution in [-0.4, -0.2) is 6.04 Å². The second-order valence-electron chi connectivity index (χ2n) is 4.94. The fourth-order valence-corrected chi connectivity index (χ4v) is 2.92. The normalized spacial score (nSPS) is 17.9. The first-order valence-electron chi connectivity index (χ1n) is 6.33. The van der Waals surface area contributed by atoms with Crippen LogP contribution in [0.25, 0.3) is 0 Å². The third-order valence-corrected chi connectivity index (χ3v) is 4.14. The predicted molar refractivity (Wildman–Crippen MR) is 79.9 cm³/mol. The van der Waals surface area contributed by atoms with E-state index < -0.39 is 0 Å². The summed E-state index contributed by atoms with van der Waals surface area (Å²) in [6.45, 7) is 3.30. The van der Waals surface area contributed by atoms with Gasteiger partial charge in [0.15, 0.2) is 0 Å². The van der Waals surface area contributed by atoms with Gasteiger partial charge >= 0.3 is 0 Å². The maximum atomic E-state index is 3.48. The first-order chi connectivity index (χ1) is 8.74. The van der Waals surface area contributed by atoms with Crippen LogP contribution in [0.5, 0.6) is 0 Å². The Kier molecular flexibility index (Phi) is 3.13. The molecule has 0 aromatic heterocycles. The molecule has 1 nitrogen and oxygen atoms in total. The SMILES string of the molecule is C[C@H]1Cc2ccccc2N1Cc1ccc(Br)cc1. The van der Waals surface area contributed by atoms with Gasteiger partial charge in [-0.2, -0.15) is 0 Å². The van der Waals surface area contributed by atoms with E-state index in [0.29, 0.717) is 6.04 Å². The summed E-state index contributed by atoms with van der Waals surface area (Å²) in [6, 6.07) is 17.9. The minimum Gasteiger partial charge on any atom is -0.364 e. The molecular weight excluding hydrogens is 286 g/mol. The van der Waals surface area contributed by atoms with Gasteiger partial charge in [-0.3, -0.25) is 0 Å². The maximum absolute atomic E-state index is 3.48. The number of anilines is 1. The highest BCUT2D eigenvalue weighted by atomic mass is 79.9. The molecule has 2 aromatic carbocycles. The summed E-state index contributed by atoms with van der Waals surface area (Å²) in [5.74, 6) is 0. The van der Waals surface area contributed by atoms with Gasteiger partial charge in [-0.1, -0.05) is 46.3 Å². The summed E-state index contributed by atoms with van der Waals surface area (Å²) in [7, 11) is 0. The lowest BCUT2D eigenvalue weighted by atomic mass is 10.1. The number of hydrogen-bond donors (Lipinski definition) is 0. The van der Waals surface area contributed by atoms with Crippen molar-refractivity contribution in [3.63, 3.8) is 0 Å². The predicted octanol–water partition coefficient (Wildman–Crippen LogP) is 4.40. The molecule has 0 N–H and O–H groups in total. The van der Waals surface area contributed by atoms with Crippen molar-refractivity contribution in [3.05, 3.63) is 64.1 Å². The molecule has 0 aliphatic carbocycles. The third-order valence-electron chi connectivity index (χ3n) is 3.61. The number of fused-ring (bicyclic) bond motifs is 1. The van der Waals surface area contributed by atoms with Gasteiger partial charge in [0, 0.05) is 22.7 Å². The van der Waals surface area contributed by atoms with E-state index in [9.17, 15) is 0 Å². The van der Waals surface area contributed by atoms with Gasteiger partial charge in [-0.05, 0) is 42.7 Å². The van der Waals surface area contributed by atoms with Crippen LogP contribution in [0.4, 0.5) is 5.69 Å². The second-order valence-corrected chi connectivity index (χ2v) is 5.85. The van der Waals surface area contributed by atoms with E-state index in [1.165, 1.54) is 16.8 Å². The highest BCUT2D eigenvalue weighted by molar-refractivity contribution is 9.10. The number of rotatable bonds is 2. The van der Waals surface area contributed by atoms with Crippen molar-refractivity contribution in [2.75, 3.05) is 4.90 Å². The largest absolute Gasteiger partial charge is 0.364 e. The highest BCUT2D eigenvalue weighted by Crippen LogP contribution is 2.33. The topological polar surface area (TPSA) is 3.24 Å². The lowest BCUT2D eigenvalue weighted by molar-refractivity contribution is 0.672. The zero-order valence-corrected chi connectivity index (χ0v) is 12.0. The molecule has 18 heavy (non-hydrogen) atoms. The number of halogens is 1. The summed E-state index contributed by atoms with van der Waals surface area (Å²) in [4.78, 5) is 2.50. The molecule has 1 aliphatic rings. The molecule has 3 rings (SSSR count). The zero-order valence-electron chi connectivity index (χ0n) is 10.4. The Hall–Kier alpha value is -1.28. The lowest BCUT2D eigenvalue weighted by Gasteiger charge is -2.25. The molecule has 0 spiro atoms. The number of hydrogen-bond acceptors (Lipinski definition) is 1. The van der Waals surface area contributed by atoms with E-state index in [1.54, 1.807) is 0 Å². The molecule has 92 valence electrons. The molecule has 0 unspecified atom stereocenters. The van der Waals surface area contributed by atoms with Gasteiger partial charge in [0.05, 0.1) is 0 Å². The monoisotopic (exact) mass is 301 g/mol. The van der Waals surface area contributed by atoms with Crippen LogP contribution in [0, 0.1) is 0 Å². The molecule has 0 saturated carbocycles. The van der Waals surface area contributed by atoms with Crippen molar-refractivity contribution >= 4 is 21.6 Å². The van der Waals surface area contributed by atoms with E-state index in [2.05, 4.69) is 76.3 Å². The van der Waals surface area contributed by atoms with E-state index in [-0.39, 0.29) is 0 Å². The lowest BCUT2D eigenvalue weighted by Crippen LogP contribution is -2.28. The summed E-state index contributed by atoms with van der Waals surface area (Å²) >= 11 is 3.48. The Morgan fingerprint density at radius 1 is 1.11 bits per heavy atom. The first kappa shape index (κ1) is 11.8. The fraction of sp³-hybridized carbons (Fsp3) is 0.250. The Bertz CT molecular complexity index is 547. The Balaban J connectivity index is 1.87. The third kappa shape index (κ3) is 2.17. The summed E-state index contributed by atoms with van der Waals surface area (Å²) < 4.78 is 1.14.